The van der Waals surface area contributed by atoms with Gasteiger partial charge in [-0.2, -0.15) is 0 Å². The largest absolute Gasteiger partial charge is 0.316 e. The lowest BCUT2D eigenvalue weighted by molar-refractivity contribution is 0.207. The second kappa shape index (κ2) is 7.49. The third kappa shape index (κ3) is 4.89. The van der Waals surface area contributed by atoms with E-state index in [1.807, 2.05) is 0 Å². The van der Waals surface area contributed by atoms with Gasteiger partial charge < -0.3 is 10.6 Å². The molecule has 0 aromatic heterocycles. The van der Waals surface area contributed by atoms with Crippen molar-refractivity contribution in [3.05, 3.63) is 0 Å². The van der Waals surface area contributed by atoms with E-state index in [0.29, 0.717) is 5.41 Å². The van der Waals surface area contributed by atoms with E-state index in [2.05, 4.69) is 17.6 Å². The van der Waals surface area contributed by atoms with Gasteiger partial charge in [-0.1, -0.05) is 32.6 Å². The highest BCUT2D eigenvalue weighted by molar-refractivity contribution is 4.80. The van der Waals surface area contributed by atoms with E-state index >= 15 is 0 Å². The molecule has 2 N–H and O–H groups in total. The Bertz CT molecular complexity index is 215. The molecule has 0 amide bonds. The first-order valence-corrected chi connectivity index (χ1v) is 8.23. The molecule has 1 heterocycles. The zero-order valence-corrected chi connectivity index (χ0v) is 12.3. The van der Waals surface area contributed by atoms with Crippen LogP contribution in [0.3, 0.4) is 0 Å². The summed E-state index contributed by atoms with van der Waals surface area (Å²) >= 11 is 0. The molecule has 2 heteroatoms. The van der Waals surface area contributed by atoms with Gasteiger partial charge in [-0.25, -0.2) is 0 Å². The van der Waals surface area contributed by atoms with Crippen LogP contribution in [0.15, 0.2) is 0 Å². The van der Waals surface area contributed by atoms with Crippen LogP contribution < -0.4 is 10.6 Å². The summed E-state index contributed by atoms with van der Waals surface area (Å²) in [5.41, 5.74) is 0.599. The Morgan fingerprint density at radius 2 is 1.94 bits per heavy atom. The maximum atomic E-state index is 3.71. The van der Waals surface area contributed by atoms with Crippen LogP contribution in [0.1, 0.15) is 71.1 Å². The maximum absolute atomic E-state index is 3.71. The van der Waals surface area contributed by atoms with Crippen molar-refractivity contribution in [2.24, 2.45) is 5.41 Å². The summed E-state index contributed by atoms with van der Waals surface area (Å²) in [6.45, 7) is 6.18. The highest BCUT2D eigenvalue weighted by Gasteiger charge is 2.25. The number of hydrogen-bond acceptors (Lipinski definition) is 2. The van der Waals surface area contributed by atoms with Gasteiger partial charge in [0.1, 0.15) is 0 Å². The van der Waals surface area contributed by atoms with Crippen LogP contribution in [-0.2, 0) is 0 Å². The molecule has 2 nitrogen and oxygen atoms in total. The third-order valence-corrected chi connectivity index (χ3v) is 4.93. The first-order valence-electron chi connectivity index (χ1n) is 8.23. The second-order valence-electron chi connectivity index (χ2n) is 6.84. The van der Waals surface area contributed by atoms with Gasteiger partial charge in [-0.3, -0.25) is 0 Å². The van der Waals surface area contributed by atoms with Crippen LogP contribution in [0.2, 0.25) is 0 Å². The average Bonchev–Trinajstić information content (AvgIpc) is 2.40. The van der Waals surface area contributed by atoms with E-state index in [1.54, 1.807) is 0 Å². The Kier molecular flexibility index (Phi) is 5.97. The molecule has 1 aliphatic heterocycles. The Morgan fingerprint density at radius 3 is 2.67 bits per heavy atom. The monoisotopic (exact) mass is 252 g/mol. The fourth-order valence-corrected chi connectivity index (χ4v) is 3.62. The van der Waals surface area contributed by atoms with Crippen molar-refractivity contribution in [3.63, 3.8) is 0 Å². The summed E-state index contributed by atoms with van der Waals surface area (Å²) in [5.74, 6) is 0. The van der Waals surface area contributed by atoms with Gasteiger partial charge in [0.25, 0.3) is 0 Å². The molecule has 0 aromatic carbocycles. The zero-order chi connectivity index (χ0) is 12.7. The molecular formula is C16H32N2. The SMILES string of the molecule is CC1(CNCCCC2CCCCN2)CCCCC1. The van der Waals surface area contributed by atoms with Gasteiger partial charge >= 0.3 is 0 Å². The minimum absolute atomic E-state index is 0.599. The van der Waals surface area contributed by atoms with E-state index in [0.717, 1.165) is 6.04 Å². The number of nitrogens with one attached hydrogen (secondary N) is 2. The lowest BCUT2D eigenvalue weighted by Gasteiger charge is -2.34. The molecule has 0 aromatic rings. The quantitative estimate of drug-likeness (QED) is 0.707. The molecule has 1 aliphatic carbocycles. The molecular weight excluding hydrogens is 220 g/mol. The Labute approximate surface area is 113 Å². The molecule has 2 fully saturated rings. The Hall–Kier alpha value is -0.0800. The van der Waals surface area contributed by atoms with Gasteiger partial charge in [0.05, 0.1) is 0 Å². The van der Waals surface area contributed by atoms with E-state index < -0.39 is 0 Å². The second-order valence-corrected chi connectivity index (χ2v) is 6.84. The van der Waals surface area contributed by atoms with Crippen molar-refractivity contribution >= 4 is 0 Å². The summed E-state index contributed by atoms with van der Waals surface area (Å²) in [4.78, 5) is 0. The molecule has 0 bridgehead atoms. The van der Waals surface area contributed by atoms with Crippen molar-refractivity contribution in [3.8, 4) is 0 Å². The highest BCUT2D eigenvalue weighted by atomic mass is 14.9. The molecule has 2 rings (SSSR count). The normalized spacial score (nSPS) is 28.2. The lowest BCUT2D eigenvalue weighted by Crippen LogP contribution is -2.36. The van der Waals surface area contributed by atoms with Crippen LogP contribution in [0.25, 0.3) is 0 Å². The molecule has 1 saturated heterocycles. The van der Waals surface area contributed by atoms with Crippen LogP contribution in [-0.4, -0.2) is 25.7 Å². The van der Waals surface area contributed by atoms with Crippen molar-refractivity contribution < 1.29 is 0 Å². The van der Waals surface area contributed by atoms with E-state index in [1.165, 1.54) is 83.8 Å². The van der Waals surface area contributed by atoms with Crippen molar-refractivity contribution in [2.75, 3.05) is 19.6 Å². The van der Waals surface area contributed by atoms with Crippen LogP contribution in [0.5, 0.6) is 0 Å². The summed E-state index contributed by atoms with van der Waals surface area (Å²) in [6.07, 6.45) is 14.1. The summed E-state index contributed by atoms with van der Waals surface area (Å²) < 4.78 is 0. The molecule has 106 valence electrons. The van der Waals surface area contributed by atoms with E-state index in [4.69, 9.17) is 0 Å². The fraction of sp³-hybridized carbons (Fsp3) is 1.00. The summed E-state index contributed by atoms with van der Waals surface area (Å²) in [7, 11) is 0. The first kappa shape index (κ1) is 14.3. The topological polar surface area (TPSA) is 24.1 Å². The third-order valence-electron chi connectivity index (χ3n) is 4.93. The van der Waals surface area contributed by atoms with Gasteiger partial charge in [0, 0.05) is 12.6 Å². The summed E-state index contributed by atoms with van der Waals surface area (Å²) in [6, 6.07) is 0.811. The molecule has 1 saturated carbocycles. The number of hydrogen-bond donors (Lipinski definition) is 2. The standard InChI is InChI=1S/C16H32N2/c1-16(10-4-2-5-11-16)14-17-12-7-9-15-8-3-6-13-18-15/h15,17-18H,2-14H2,1H3. The minimum atomic E-state index is 0.599. The van der Waals surface area contributed by atoms with Crippen molar-refractivity contribution in [1.29, 1.82) is 0 Å². The Balaban J connectivity index is 1.50. The van der Waals surface area contributed by atoms with Crippen LogP contribution in [0, 0.1) is 5.41 Å². The van der Waals surface area contributed by atoms with Gasteiger partial charge in [0.2, 0.25) is 0 Å². The summed E-state index contributed by atoms with van der Waals surface area (Å²) in [5, 5.41) is 7.35. The average molecular weight is 252 g/mol. The first-order chi connectivity index (χ1) is 8.79. The Morgan fingerprint density at radius 1 is 1.11 bits per heavy atom. The van der Waals surface area contributed by atoms with E-state index in [-0.39, 0.29) is 0 Å². The fourth-order valence-electron chi connectivity index (χ4n) is 3.62. The van der Waals surface area contributed by atoms with Gasteiger partial charge in [-0.15, -0.1) is 0 Å². The molecule has 1 atom stereocenters. The van der Waals surface area contributed by atoms with Crippen molar-refractivity contribution in [2.45, 2.75) is 77.2 Å². The van der Waals surface area contributed by atoms with Gasteiger partial charge in [-0.05, 0) is 57.0 Å². The molecule has 1 unspecified atom stereocenters. The van der Waals surface area contributed by atoms with Crippen LogP contribution in [0.4, 0.5) is 0 Å². The van der Waals surface area contributed by atoms with Crippen molar-refractivity contribution in [1.82, 2.24) is 10.6 Å². The molecule has 0 radical (unpaired) electrons. The lowest BCUT2D eigenvalue weighted by atomic mass is 9.76. The van der Waals surface area contributed by atoms with E-state index in [9.17, 15) is 0 Å². The van der Waals surface area contributed by atoms with Crippen LogP contribution >= 0.6 is 0 Å². The predicted molar refractivity (Wildman–Crippen MR) is 78.9 cm³/mol. The number of piperidine rings is 1. The molecule has 2 aliphatic rings. The zero-order valence-electron chi connectivity index (χ0n) is 12.3. The molecule has 18 heavy (non-hydrogen) atoms. The minimum Gasteiger partial charge on any atom is -0.316 e. The smallest absolute Gasteiger partial charge is 0.00675 e. The maximum Gasteiger partial charge on any atom is 0.00675 e. The molecule has 0 spiro atoms. The predicted octanol–water partition coefficient (Wildman–Crippen LogP) is 3.47. The highest BCUT2D eigenvalue weighted by Crippen LogP contribution is 2.34. The number of rotatable bonds is 6. The van der Waals surface area contributed by atoms with Gasteiger partial charge in [0.15, 0.2) is 0 Å².